The van der Waals surface area contributed by atoms with Crippen molar-refractivity contribution in [2.45, 2.75) is 30.9 Å². The molecule has 0 radical (unpaired) electrons. The first kappa shape index (κ1) is 23.5. The Morgan fingerprint density at radius 3 is 2.65 bits per heavy atom. The van der Waals surface area contributed by atoms with Crippen molar-refractivity contribution in [3.63, 3.8) is 0 Å². The molecule has 0 bridgehead atoms. The van der Waals surface area contributed by atoms with Gasteiger partial charge in [0.25, 0.3) is 0 Å². The Bertz CT molecular complexity index is 723. The van der Waals surface area contributed by atoms with E-state index in [1.54, 1.807) is 7.05 Å². The Morgan fingerprint density at radius 1 is 1.35 bits per heavy atom. The maximum absolute atomic E-state index is 11.7. The molecular formula is C17H29IN4O2S2. The van der Waals surface area contributed by atoms with Crippen LogP contribution in [-0.2, 0) is 22.3 Å². The fourth-order valence-corrected chi connectivity index (χ4v) is 4.71. The number of thioether (sulfide) groups is 1. The third kappa shape index (κ3) is 7.24. The summed E-state index contributed by atoms with van der Waals surface area (Å²) in [5.74, 6) is 1.97. The summed E-state index contributed by atoms with van der Waals surface area (Å²) in [6, 6.07) is 7.63. The Hall–Kier alpha value is -0.520. The average molecular weight is 512 g/mol. The van der Waals surface area contributed by atoms with Crippen molar-refractivity contribution in [3.05, 3.63) is 35.4 Å². The van der Waals surface area contributed by atoms with Gasteiger partial charge in [0.1, 0.15) is 0 Å². The molecule has 9 heteroatoms. The normalized spacial score (nSPS) is 17.5. The van der Waals surface area contributed by atoms with E-state index in [2.05, 4.69) is 33.8 Å². The smallest absolute Gasteiger partial charge is 0.215 e. The Morgan fingerprint density at radius 2 is 2.04 bits per heavy atom. The molecule has 0 aromatic heterocycles. The zero-order valence-corrected chi connectivity index (χ0v) is 19.7. The van der Waals surface area contributed by atoms with Gasteiger partial charge in [0.2, 0.25) is 10.0 Å². The largest absolute Gasteiger partial charge is 0.352 e. The van der Waals surface area contributed by atoms with Gasteiger partial charge >= 0.3 is 0 Å². The molecule has 1 aliphatic heterocycles. The monoisotopic (exact) mass is 512 g/mol. The first-order chi connectivity index (χ1) is 11.7. The lowest BCUT2D eigenvalue weighted by atomic mass is 10.1. The predicted octanol–water partition coefficient (Wildman–Crippen LogP) is 2.26. The first-order valence-corrected chi connectivity index (χ1v) is 11.0. The van der Waals surface area contributed by atoms with E-state index >= 15 is 0 Å². The molecule has 0 saturated carbocycles. The molecule has 2 rings (SSSR count). The fraction of sp³-hybridized carbons (Fsp3) is 0.588. The summed E-state index contributed by atoms with van der Waals surface area (Å²) in [4.78, 5) is 6.69. The SMILES string of the molecule is CN=C(NCc1cccc(CS(=O)(=O)NC)c1)N1CCSC(C)(C)C1.I. The van der Waals surface area contributed by atoms with Crippen molar-refractivity contribution in [3.8, 4) is 0 Å². The molecule has 0 amide bonds. The topological polar surface area (TPSA) is 73.8 Å². The minimum absolute atomic E-state index is 0. The minimum Gasteiger partial charge on any atom is -0.352 e. The third-order valence-electron chi connectivity index (χ3n) is 4.05. The summed E-state index contributed by atoms with van der Waals surface area (Å²) < 4.78 is 26.0. The standard InChI is InChI=1S/C17H28N4O2S2.HI/c1-17(2)13-21(8-9-24-17)16(18-3)20-11-14-6-5-7-15(10-14)12-25(22,23)19-4;/h5-7,10,19H,8-9,11-13H2,1-4H3,(H,18,20);1H. The molecule has 1 saturated heterocycles. The Kier molecular flexibility index (Phi) is 9.17. The molecule has 2 N–H and O–H groups in total. The Labute approximate surface area is 178 Å². The molecule has 26 heavy (non-hydrogen) atoms. The number of guanidine groups is 1. The van der Waals surface area contributed by atoms with Crippen LogP contribution in [0.15, 0.2) is 29.3 Å². The van der Waals surface area contributed by atoms with Crippen molar-refractivity contribution < 1.29 is 8.42 Å². The van der Waals surface area contributed by atoms with Crippen molar-refractivity contribution in [1.29, 1.82) is 0 Å². The second kappa shape index (κ2) is 10.1. The molecule has 0 spiro atoms. The highest BCUT2D eigenvalue weighted by atomic mass is 127. The van der Waals surface area contributed by atoms with Gasteiger partial charge in [-0.3, -0.25) is 4.99 Å². The van der Waals surface area contributed by atoms with Crippen LogP contribution in [0.1, 0.15) is 25.0 Å². The molecule has 1 aliphatic rings. The van der Waals surface area contributed by atoms with Crippen molar-refractivity contribution in [2.75, 3.05) is 32.9 Å². The number of hydrogen-bond donors (Lipinski definition) is 2. The summed E-state index contributed by atoms with van der Waals surface area (Å²) in [6.45, 7) is 7.06. The summed E-state index contributed by atoms with van der Waals surface area (Å²) in [6.07, 6.45) is 0. The minimum atomic E-state index is -3.26. The van der Waals surface area contributed by atoms with E-state index in [9.17, 15) is 8.42 Å². The van der Waals surface area contributed by atoms with Crippen LogP contribution in [0.4, 0.5) is 0 Å². The van der Waals surface area contributed by atoms with Crippen LogP contribution >= 0.6 is 35.7 Å². The van der Waals surface area contributed by atoms with Gasteiger partial charge in [0.05, 0.1) is 5.75 Å². The number of sulfonamides is 1. The van der Waals surface area contributed by atoms with Gasteiger partial charge in [-0.1, -0.05) is 24.3 Å². The van der Waals surface area contributed by atoms with Gasteiger partial charge in [-0.05, 0) is 32.0 Å². The lowest BCUT2D eigenvalue weighted by molar-refractivity contribution is 0.375. The summed E-state index contributed by atoms with van der Waals surface area (Å²) >= 11 is 1.99. The number of hydrogen-bond acceptors (Lipinski definition) is 4. The maximum atomic E-state index is 11.7. The highest BCUT2D eigenvalue weighted by molar-refractivity contribution is 14.0. The van der Waals surface area contributed by atoms with E-state index in [0.29, 0.717) is 6.54 Å². The summed E-state index contributed by atoms with van der Waals surface area (Å²) in [7, 11) is -0.0278. The van der Waals surface area contributed by atoms with E-state index in [4.69, 9.17) is 0 Å². The van der Waals surface area contributed by atoms with Gasteiger partial charge in [-0.2, -0.15) is 11.8 Å². The second-order valence-electron chi connectivity index (χ2n) is 6.71. The van der Waals surface area contributed by atoms with Crippen molar-refractivity contribution in [2.24, 2.45) is 4.99 Å². The molecule has 6 nitrogen and oxygen atoms in total. The fourth-order valence-electron chi connectivity index (χ4n) is 2.83. The van der Waals surface area contributed by atoms with E-state index in [0.717, 1.165) is 35.9 Å². The highest BCUT2D eigenvalue weighted by Crippen LogP contribution is 2.29. The van der Waals surface area contributed by atoms with Crippen LogP contribution < -0.4 is 10.0 Å². The van der Waals surface area contributed by atoms with Gasteiger partial charge in [0, 0.05) is 37.2 Å². The number of aliphatic imine (C=N–C) groups is 1. The molecular weight excluding hydrogens is 483 g/mol. The van der Waals surface area contributed by atoms with Crippen molar-refractivity contribution in [1.82, 2.24) is 14.9 Å². The zero-order valence-electron chi connectivity index (χ0n) is 15.8. The van der Waals surface area contributed by atoms with Crippen LogP contribution in [-0.4, -0.2) is 57.0 Å². The summed E-state index contributed by atoms with van der Waals surface area (Å²) in [5.41, 5.74) is 1.81. The first-order valence-electron chi connectivity index (χ1n) is 8.33. The van der Waals surface area contributed by atoms with Crippen LogP contribution in [0, 0.1) is 0 Å². The van der Waals surface area contributed by atoms with Gasteiger partial charge < -0.3 is 10.2 Å². The van der Waals surface area contributed by atoms with Crippen molar-refractivity contribution >= 4 is 51.7 Å². The van der Waals surface area contributed by atoms with E-state index in [1.165, 1.54) is 7.05 Å². The molecule has 1 fully saturated rings. The lowest BCUT2D eigenvalue weighted by Gasteiger charge is -2.39. The molecule has 148 valence electrons. The molecule has 1 aromatic carbocycles. The van der Waals surface area contributed by atoms with Gasteiger partial charge in [-0.15, -0.1) is 24.0 Å². The zero-order chi connectivity index (χ0) is 18.5. The van der Waals surface area contributed by atoms with Crippen LogP contribution in [0.3, 0.4) is 0 Å². The molecule has 0 atom stereocenters. The van der Waals surface area contributed by atoms with E-state index in [1.807, 2.05) is 36.0 Å². The number of nitrogens with one attached hydrogen (secondary N) is 2. The third-order valence-corrected chi connectivity index (χ3v) is 6.68. The van der Waals surface area contributed by atoms with Crippen LogP contribution in [0.2, 0.25) is 0 Å². The average Bonchev–Trinajstić information content (AvgIpc) is 2.54. The lowest BCUT2D eigenvalue weighted by Crippen LogP contribution is -2.50. The molecule has 1 aromatic rings. The number of nitrogens with zero attached hydrogens (tertiary/aromatic N) is 2. The Balaban J connectivity index is 0.00000338. The number of halogens is 1. The quantitative estimate of drug-likeness (QED) is 0.360. The predicted molar refractivity (Wildman–Crippen MR) is 122 cm³/mol. The molecule has 1 heterocycles. The number of rotatable bonds is 5. The van der Waals surface area contributed by atoms with Crippen LogP contribution in [0.5, 0.6) is 0 Å². The summed E-state index contributed by atoms with van der Waals surface area (Å²) in [5, 5.41) is 3.40. The van der Waals surface area contributed by atoms with Gasteiger partial charge in [-0.25, -0.2) is 13.1 Å². The molecule has 0 unspecified atom stereocenters. The van der Waals surface area contributed by atoms with E-state index < -0.39 is 10.0 Å². The van der Waals surface area contributed by atoms with Crippen LogP contribution in [0.25, 0.3) is 0 Å². The van der Waals surface area contributed by atoms with Gasteiger partial charge in [0.15, 0.2) is 5.96 Å². The molecule has 0 aliphatic carbocycles. The van der Waals surface area contributed by atoms with E-state index in [-0.39, 0.29) is 34.5 Å². The number of benzene rings is 1. The highest BCUT2D eigenvalue weighted by Gasteiger charge is 2.28. The maximum Gasteiger partial charge on any atom is 0.215 e. The second-order valence-corrected chi connectivity index (χ2v) is 10.4.